The third kappa shape index (κ3) is 3.30. The van der Waals surface area contributed by atoms with Gasteiger partial charge in [-0.3, -0.25) is 0 Å². The molecule has 0 radical (unpaired) electrons. The number of aromatic nitrogens is 2. The number of piperidine rings is 1. The molecule has 6 nitrogen and oxygen atoms in total. The summed E-state index contributed by atoms with van der Waals surface area (Å²) < 4.78 is 24.3. The number of aromatic amines is 1. The van der Waals surface area contributed by atoms with Crippen LogP contribution in [0.2, 0.25) is 0 Å². The summed E-state index contributed by atoms with van der Waals surface area (Å²) in [4.78, 5) is 7.27. The van der Waals surface area contributed by atoms with E-state index in [1.807, 2.05) is 6.92 Å². The Bertz CT molecular complexity index is 489. The number of hydrogen-bond acceptors (Lipinski definition) is 4. The lowest BCUT2D eigenvalue weighted by Crippen LogP contribution is -2.44. The molecule has 0 bridgehead atoms. The van der Waals surface area contributed by atoms with Crippen LogP contribution >= 0.6 is 0 Å². The van der Waals surface area contributed by atoms with E-state index in [2.05, 4.69) is 15.3 Å². The average Bonchev–Trinajstić information content (AvgIpc) is 2.72. The third-order valence-electron chi connectivity index (χ3n) is 3.42. The number of aryl methyl sites for hydroxylation is 1. The van der Waals surface area contributed by atoms with Crippen LogP contribution in [-0.4, -0.2) is 48.1 Å². The second-order valence-corrected chi connectivity index (χ2v) is 6.77. The summed E-state index contributed by atoms with van der Waals surface area (Å²) in [5, 5.41) is 3.43. The lowest BCUT2D eigenvalue weighted by atomic mass is 10.1. The highest BCUT2D eigenvalue weighted by Gasteiger charge is 2.24. The Kier molecular flexibility index (Phi) is 4.04. The van der Waals surface area contributed by atoms with E-state index in [0.717, 1.165) is 30.8 Å². The molecule has 0 unspecified atom stereocenters. The van der Waals surface area contributed by atoms with Crippen molar-refractivity contribution in [2.45, 2.75) is 32.4 Å². The van der Waals surface area contributed by atoms with Crippen molar-refractivity contribution in [1.29, 1.82) is 0 Å². The molecule has 0 amide bonds. The normalized spacial score (nSPS) is 19.2. The number of hydrogen-bond donors (Lipinski definition) is 2. The van der Waals surface area contributed by atoms with Crippen molar-refractivity contribution in [2.75, 3.05) is 19.3 Å². The smallest absolute Gasteiger partial charge is 0.211 e. The summed E-state index contributed by atoms with van der Waals surface area (Å²) in [7, 11) is -3.03. The molecule has 0 spiro atoms. The van der Waals surface area contributed by atoms with Crippen LogP contribution in [-0.2, 0) is 16.6 Å². The minimum atomic E-state index is -3.03. The van der Waals surface area contributed by atoms with E-state index in [9.17, 15) is 8.42 Å². The van der Waals surface area contributed by atoms with E-state index in [-0.39, 0.29) is 0 Å². The fraction of sp³-hybridized carbons (Fsp3) is 0.727. The first-order chi connectivity index (χ1) is 8.47. The van der Waals surface area contributed by atoms with E-state index in [0.29, 0.717) is 19.1 Å². The molecule has 1 saturated heterocycles. The minimum Gasteiger partial charge on any atom is -0.348 e. The maximum absolute atomic E-state index is 11.4. The third-order valence-corrected chi connectivity index (χ3v) is 4.72. The highest BCUT2D eigenvalue weighted by Crippen LogP contribution is 2.13. The van der Waals surface area contributed by atoms with Gasteiger partial charge in [-0.2, -0.15) is 0 Å². The zero-order chi connectivity index (χ0) is 13.2. The Balaban J connectivity index is 1.79. The monoisotopic (exact) mass is 272 g/mol. The van der Waals surface area contributed by atoms with Crippen molar-refractivity contribution in [1.82, 2.24) is 19.6 Å². The summed E-state index contributed by atoms with van der Waals surface area (Å²) in [6.07, 6.45) is 4.68. The van der Waals surface area contributed by atoms with Gasteiger partial charge in [0.25, 0.3) is 0 Å². The van der Waals surface area contributed by atoms with Gasteiger partial charge in [0.1, 0.15) is 0 Å². The van der Waals surface area contributed by atoms with Crippen molar-refractivity contribution in [3.8, 4) is 0 Å². The molecule has 7 heteroatoms. The lowest BCUT2D eigenvalue weighted by Gasteiger charge is -2.30. The zero-order valence-corrected chi connectivity index (χ0v) is 11.6. The van der Waals surface area contributed by atoms with Crippen LogP contribution in [0.1, 0.15) is 24.2 Å². The maximum atomic E-state index is 11.4. The molecule has 1 aromatic heterocycles. The van der Waals surface area contributed by atoms with E-state index in [1.54, 1.807) is 10.6 Å². The molecule has 1 fully saturated rings. The van der Waals surface area contributed by atoms with E-state index in [4.69, 9.17) is 0 Å². The fourth-order valence-electron chi connectivity index (χ4n) is 2.20. The maximum Gasteiger partial charge on any atom is 0.211 e. The topological polar surface area (TPSA) is 78.1 Å². The predicted octanol–water partition coefficient (Wildman–Crippen LogP) is 0.232. The standard InChI is InChI=1S/C11H20N4O2S/c1-9-11(14-8-13-9)7-12-10-3-5-15(6-4-10)18(2,16)17/h8,10,12H,3-7H2,1-2H3,(H,13,14). The molecule has 2 rings (SSSR count). The van der Waals surface area contributed by atoms with Gasteiger partial charge < -0.3 is 10.3 Å². The van der Waals surface area contributed by atoms with Crippen LogP contribution in [0.4, 0.5) is 0 Å². The van der Waals surface area contributed by atoms with Gasteiger partial charge in [0, 0.05) is 31.4 Å². The molecular formula is C11H20N4O2S. The molecule has 1 aliphatic rings. The Morgan fingerprint density at radius 2 is 2.17 bits per heavy atom. The molecule has 2 heterocycles. The van der Waals surface area contributed by atoms with Crippen LogP contribution in [0.3, 0.4) is 0 Å². The molecule has 102 valence electrons. The minimum absolute atomic E-state index is 0.374. The molecule has 0 aromatic carbocycles. The van der Waals surface area contributed by atoms with Gasteiger partial charge in [-0.15, -0.1) is 0 Å². The number of imidazole rings is 1. The zero-order valence-electron chi connectivity index (χ0n) is 10.8. The van der Waals surface area contributed by atoms with Crippen molar-refractivity contribution in [3.63, 3.8) is 0 Å². The highest BCUT2D eigenvalue weighted by atomic mass is 32.2. The van der Waals surface area contributed by atoms with Gasteiger partial charge in [-0.05, 0) is 19.8 Å². The lowest BCUT2D eigenvalue weighted by molar-refractivity contribution is 0.289. The van der Waals surface area contributed by atoms with Crippen LogP contribution in [0.5, 0.6) is 0 Å². The molecular weight excluding hydrogens is 252 g/mol. The average molecular weight is 272 g/mol. The van der Waals surface area contributed by atoms with Gasteiger partial charge in [0.2, 0.25) is 10.0 Å². The molecule has 1 aliphatic heterocycles. The first-order valence-corrected chi connectivity index (χ1v) is 7.99. The summed E-state index contributed by atoms with van der Waals surface area (Å²) in [6, 6.07) is 0.374. The molecule has 18 heavy (non-hydrogen) atoms. The van der Waals surface area contributed by atoms with E-state index < -0.39 is 10.0 Å². The first kappa shape index (κ1) is 13.5. The van der Waals surface area contributed by atoms with Gasteiger partial charge >= 0.3 is 0 Å². The van der Waals surface area contributed by atoms with Crippen LogP contribution in [0, 0.1) is 6.92 Å². The first-order valence-electron chi connectivity index (χ1n) is 6.14. The van der Waals surface area contributed by atoms with Crippen LogP contribution in [0.15, 0.2) is 6.33 Å². The largest absolute Gasteiger partial charge is 0.348 e. The predicted molar refractivity (Wildman–Crippen MR) is 69.6 cm³/mol. The molecule has 0 aliphatic carbocycles. The van der Waals surface area contributed by atoms with Gasteiger partial charge in [0.05, 0.1) is 18.3 Å². The number of H-pyrrole nitrogens is 1. The molecule has 1 aromatic rings. The fourth-order valence-corrected chi connectivity index (χ4v) is 3.07. The second-order valence-electron chi connectivity index (χ2n) is 4.79. The summed E-state index contributed by atoms with van der Waals surface area (Å²) in [5.41, 5.74) is 2.11. The van der Waals surface area contributed by atoms with Crippen LogP contribution in [0.25, 0.3) is 0 Å². The van der Waals surface area contributed by atoms with Gasteiger partial charge in [-0.1, -0.05) is 0 Å². The Morgan fingerprint density at radius 1 is 1.50 bits per heavy atom. The molecule has 2 N–H and O–H groups in total. The SMILES string of the molecule is Cc1[nH]cnc1CNC1CCN(S(C)(=O)=O)CC1. The summed E-state index contributed by atoms with van der Waals surface area (Å²) >= 11 is 0. The van der Waals surface area contributed by atoms with Crippen molar-refractivity contribution in [3.05, 3.63) is 17.7 Å². The van der Waals surface area contributed by atoms with Gasteiger partial charge in [0.15, 0.2) is 0 Å². The van der Waals surface area contributed by atoms with Crippen molar-refractivity contribution >= 4 is 10.0 Å². The Morgan fingerprint density at radius 3 is 2.67 bits per heavy atom. The second kappa shape index (κ2) is 5.38. The van der Waals surface area contributed by atoms with E-state index >= 15 is 0 Å². The molecule has 0 atom stereocenters. The number of rotatable bonds is 4. The van der Waals surface area contributed by atoms with Gasteiger partial charge in [-0.25, -0.2) is 17.7 Å². The van der Waals surface area contributed by atoms with Crippen LogP contribution < -0.4 is 5.32 Å². The van der Waals surface area contributed by atoms with Crippen molar-refractivity contribution < 1.29 is 8.42 Å². The number of nitrogens with zero attached hydrogens (tertiary/aromatic N) is 2. The Labute approximate surface area is 108 Å². The molecule has 0 saturated carbocycles. The van der Waals surface area contributed by atoms with E-state index in [1.165, 1.54) is 6.26 Å². The number of nitrogens with one attached hydrogen (secondary N) is 2. The summed E-state index contributed by atoms with van der Waals surface area (Å²) in [5.74, 6) is 0. The highest BCUT2D eigenvalue weighted by molar-refractivity contribution is 7.88. The summed E-state index contributed by atoms with van der Waals surface area (Å²) in [6.45, 7) is 3.95. The Hall–Kier alpha value is -0.920. The number of sulfonamides is 1. The van der Waals surface area contributed by atoms with Crippen molar-refractivity contribution in [2.24, 2.45) is 0 Å². The quantitative estimate of drug-likeness (QED) is 0.822.